The monoisotopic (exact) mass is 388 g/mol. The average molecular weight is 389 g/mol. The lowest BCUT2D eigenvalue weighted by Crippen LogP contribution is -2.34. The van der Waals surface area contributed by atoms with Gasteiger partial charge in [0.15, 0.2) is 15.7 Å². The Morgan fingerprint density at radius 3 is 2.65 bits per heavy atom. The minimum absolute atomic E-state index is 0.104. The van der Waals surface area contributed by atoms with Crippen molar-refractivity contribution >= 4 is 21.2 Å². The number of rotatable bonds is 4. The number of hydrogen-bond donors (Lipinski definition) is 0. The van der Waals surface area contributed by atoms with Gasteiger partial charge < -0.3 is 0 Å². The Labute approximate surface area is 156 Å². The molecule has 0 radical (unpaired) electrons. The molecular formula is C18H20N4O2S2. The molecule has 1 unspecified atom stereocenters. The Morgan fingerprint density at radius 2 is 2.04 bits per heavy atom. The first-order valence-electron chi connectivity index (χ1n) is 8.46. The molecule has 0 saturated carbocycles. The third-order valence-electron chi connectivity index (χ3n) is 4.79. The fourth-order valence-electron chi connectivity index (χ4n) is 3.36. The molecular weight excluding hydrogens is 368 g/mol. The average Bonchev–Trinajstić information content (AvgIpc) is 3.29. The highest BCUT2D eigenvalue weighted by molar-refractivity contribution is 7.91. The second-order valence-corrected chi connectivity index (χ2v) is 10.3. The van der Waals surface area contributed by atoms with Crippen molar-refractivity contribution in [1.29, 1.82) is 0 Å². The fourth-order valence-corrected chi connectivity index (χ4v) is 6.06. The summed E-state index contributed by atoms with van der Waals surface area (Å²) in [5.41, 5.74) is 3.34. The first kappa shape index (κ1) is 17.4. The molecule has 4 rings (SSSR count). The van der Waals surface area contributed by atoms with E-state index in [0.717, 1.165) is 16.3 Å². The van der Waals surface area contributed by atoms with Crippen LogP contribution in [0.3, 0.4) is 0 Å². The Bertz CT molecular complexity index is 1020. The van der Waals surface area contributed by atoms with Gasteiger partial charge in [-0.05, 0) is 20.3 Å². The predicted molar refractivity (Wildman–Crippen MR) is 102 cm³/mol. The Balaban J connectivity index is 1.79. The highest BCUT2D eigenvalue weighted by Crippen LogP contribution is 2.33. The van der Waals surface area contributed by atoms with E-state index in [-0.39, 0.29) is 11.5 Å². The van der Waals surface area contributed by atoms with E-state index in [0.29, 0.717) is 18.7 Å². The van der Waals surface area contributed by atoms with Gasteiger partial charge >= 0.3 is 0 Å². The molecule has 6 nitrogen and oxygen atoms in total. The summed E-state index contributed by atoms with van der Waals surface area (Å²) in [6, 6.07) is 8.06. The Morgan fingerprint density at radius 1 is 1.27 bits per heavy atom. The number of benzene rings is 1. The van der Waals surface area contributed by atoms with Crippen LogP contribution in [-0.4, -0.2) is 39.7 Å². The summed E-state index contributed by atoms with van der Waals surface area (Å²) in [5, 5.41) is 4.74. The molecule has 0 bridgehead atoms. The van der Waals surface area contributed by atoms with Crippen molar-refractivity contribution in [2.24, 2.45) is 0 Å². The van der Waals surface area contributed by atoms with E-state index in [1.54, 1.807) is 16.8 Å². The van der Waals surface area contributed by atoms with E-state index in [1.165, 1.54) is 5.56 Å². The second-order valence-electron chi connectivity index (χ2n) is 7.11. The maximum Gasteiger partial charge on any atom is 0.181 e. The number of aromatic nitrogens is 4. The molecule has 0 N–H and O–H groups in total. The zero-order chi connectivity index (χ0) is 18.4. The molecule has 2 aromatic heterocycles. The Kier molecular flexibility index (Phi) is 4.19. The third-order valence-corrected chi connectivity index (χ3v) is 7.46. The largest absolute Gasteiger partial charge is 0.253 e. The molecule has 3 heterocycles. The van der Waals surface area contributed by atoms with E-state index in [9.17, 15) is 8.42 Å². The van der Waals surface area contributed by atoms with Crippen LogP contribution in [0.15, 0.2) is 36.0 Å². The van der Waals surface area contributed by atoms with Gasteiger partial charge in [0.25, 0.3) is 0 Å². The van der Waals surface area contributed by atoms with Crippen molar-refractivity contribution in [3.63, 3.8) is 0 Å². The van der Waals surface area contributed by atoms with Gasteiger partial charge in [0.05, 0.1) is 22.6 Å². The zero-order valence-corrected chi connectivity index (χ0v) is 16.3. The number of nitrogens with zero attached hydrogens (tertiary/aromatic N) is 4. The van der Waals surface area contributed by atoms with E-state index in [1.807, 2.05) is 49.0 Å². The highest BCUT2D eigenvalue weighted by atomic mass is 32.2. The lowest BCUT2D eigenvalue weighted by Gasteiger charge is -2.24. The molecule has 0 amide bonds. The van der Waals surface area contributed by atoms with Crippen LogP contribution in [-0.2, 0) is 21.8 Å². The summed E-state index contributed by atoms with van der Waals surface area (Å²) < 4.78 is 26.0. The quantitative estimate of drug-likeness (QED) is 0.687. The zero-order valence-electron chi connectivity index (χ0n) is 14.7. The van der Waals surface area contributed by atoms with Gasteiger partial charge in [0.2, 0.25) is 0 Å². The van der Waals surface area contributed by atoms with Crippen molar-refractivity contribution in [1.82, 2.24) is 19.7 Å². The van der Waals surface area contributed by atoms with Gasteiger partial charge in [0, 0.05) is 23.1 Å². The maximum absolute atomic E-state index is 12.1. The van der Waals surface area contributed by atoms with Gasteiger partial charge in [0.1, 0.15) is 5.82 Å². The maximum atomic E-state index is 12.1. The summed E-state index contributed by atoms with van der Waals surface area (Å²) in [4.78, 5) is 9.97. The van der Waals surface area contributed by atoms with Crippen LogP contribution in [0.25, 0.3) is 11.4 Å². The number of aryl methyl sites for hydroxylation is 1. The molecule has 3 aromatic rings. The summed E-state index contributed by atoms with van der Waals surface area (Å²) >= 11 is 1.56. The second kappa shape index (κ2) is 6.28. The first-order valence-corrected chi connectivity index (χ1v) is 11.2. The van der Waals surface area contributed by atoms with E-state index in [4.69, 9.17) is 10.1 Å². The molecule has 1 saturated heterocycles. The van der Waals surface area contributed by atoms with Crippen molar-refractivity contribution in [3.05, 3.63) is 52.2 Å². The topological polar surface area (TPSA) is 77.7 Å². The highest BCUT2D eigenvalue weighted by Gasteiger charge is 2.42. The number of sulfone groups is 1. The normalized spacial score (nSPS) is 21.9. The molecule has 1 fully saturated rings. The molecule has 1 atom stereocenters. The summed E-state index contributed by atoms with van der Waals surface area (Å²) in [6.45, 7) is 4.00. The minimum Gasteiger partial charge on any atom is -0.253 e. The Hall–Kier alpha value is -2.06. The lowest BCUT2D eigenvalue weighted by molar-refractivity contribution is 0.318. The molecule has 26 heavy (non-hydrogen) atoms. The first-order chi connectivity index (χ1) is 12.3. The van der Waals surface area contributed by atoms with Crippen molar-refractivity contribution in [3.8, 4) is 11.4 Å². The smallest absolute Gasteiger partial charge is 0.181 e. The molecule has 136 valence electrons. The van der Waals surface area contributed by atoms with Gasteiger partial charge in [-0.1, -0.05) is 29.8 Å². The van der Waals surface area contributed by atoms with Crippen molar-refractivity contribution in [2.45, 2.75) is 32.2 Å². The van der Waals surface area contributed by atoms with Crippen LogP contribution in [0, 0.1) is 6.92 Å². The van der Waals surface area contributed by atoms with E-state index < -0.39 is 15.4 Å². The van der Waals surface area contributed by atoms with E-state index >= 15 is 0 Å². The van der Waals surface area contributed by atoms with Gasteiger partial charge in [-0.25, -0.2) is 18.1 Å². The fraction of sp³-hybridized carbons (Fsp3) is 0.389. The van der Waals surface area contributed by atoms with Crippen LogP contribution >= 0.6 is 11.3 Å². The van der Waals surface area contributed by atoms with Crippen LogP contribution < -0.4 is 0 Å². The van der Waals surface area contributed by atoms with Crippen molar-refractivity contribution in [2.75, 3.05) is 11.5 Å². The van der Waals surface area contributed by atoms with Crippen LogP contribution in [0.4, 0.5) is 0 Å². The lowest BCUT2D eigenvalue weighted by atomic mass is 10.0. The van der Waals surface area contributed by atoms with Gasteiger partial charge in [-0.15, -0.1) is 11.3 Å². The molecule has 1 aromatic carbocycles. The number of thiazole rings is 1. The summed E-state index contributed by atoms with van der Waals surface area (Å²) in [6.07, 6.45) is 2.98. The minimum atomic E-state index is -3.04. The molecule has 1 aliphatic rings. The molecule has 1 aliphatic heterocycles. The molecule has 0 spiro atoms. The molecule has 8 heteroatoms. The van der Waals surface area contributed by atoms with Crippen LogP contribution in [0.1, 0.15) is 29.6 Å². The van der Waals surface area contributed by atoms with Crippen LogP contribution in [0.2, 0.25) is 0 Å². The van der Waals surface area contributed by atoms with Gasteiger partial charge in [-0.3, -0.25) is 4.98 Å². The van der Waals surface area contributed by atoms with E-state index in [2.05, 4.69) is 4.98 Å². The predicted octanol–water partition coefficient (Wildman–Crippen LogP) is 2.83. The molecule has 0 aliphatic carbocycles. The van der Waals surface area contributed by atoms with Gasteiger partial charge in [-0.2, -0.15) is 5.10 Å². The third kappa shape index (κ3) is 3.31. The summed E-state index contributed by atoms with van der Waals surface area (Å²) in [5.74, 6) is 1.72. The van der Waals surface area contributed by atoms with Crippen molar-refractivity contribution < 1.29 is 8.42 Å². The number of hydrogen-bond acceptors (Lipinski definition) is 6. The SMILES string of the molecule is Cc1ccc(-c2nc(Cc3cncs3)n(C3(C)CCS(=O)(=O)C3)n2)cc1. The summed E-state index contributed by atoms with van der Waals surface area (Å²) in [7, 11) is -3.04. The van der Waals surface area contributed by atoms with Crippen LogP contribution in [0.5, 0.6) is 0 Å². The standard InChI is InChI=1S/C18H20N4O2S2/c1-13-3-5-14(6-4-13)17-20-16(9-15-10-19-12-25-15)22(21-17)18(2)7-8-26(23,24)11-18/h3-6,10,12H,7-9,11H2,1-2H3.